The molecule has 1 saturated heterocycles. The van der Waals surface area contributed by atoms with Crippen LogP contribution in [-0.2, 0) is 19.1 Å². The molecule has 30 heavy (non-hydrogen) atoms. The highest BCUT2D eigenvalue weighted by molar-refractivity contribution is 5.76. The smallest absolute Gasteiger partial charge is 0.313 e. The summed E-state index contributed by atoms with van der Waals surface area (Å²) in [6.07, 6.45) is 10.5. The summed E-state index contributed by atoms with van der Waals surface area (Å²) in [5, 5.41) is 13.4. The highest BCUT2D eigenvalue weighted by atomic mass is 16.6. The van der Waals surface area contributed by atoms with Gasteiger partial charge in [0.05, 0.1) is 17.9 Å². The van der Waals surface area contributed by atoms with Crippen molar-refractivity contribution in [2.24, 2.45) is 17.3 Å². The Kier molecular flexibility index (Phi) is 9.10. The molecule has 6 atom stereocenters. The van der Waals surface area contributed by atoms with Crippen molar-refractivity contribution in [3.05, 3.63) is 24.3 Å². The number of rotatable bonds is 6. The second-order valence-corrected chi connectivity index (χ2v) is 9.53. The number of aliphatic hydroxyl groups is 1. The Morgan fingerprint density at radius 2 is 1.93 bits per heavy atom. The molecule has 2 aliphatic rings. The van der Waals surface area contributed by atoms with E-state index in [0.29, 0.717) is 25.7 Å². The van der Waals surface area contributed by atoms with Crippen LogP contribution in [0.4, 0.5) is 0 Å². The number of hydrogen-bond donors (Lipinski definition) is 2. The number of esters is 2. The van der Waals surface area contributed by atoms with Crippen LogP contribution in [0, 0.1) is 17.3 Å². The van der Waals surface area contributed by atoms with Gasteiger partial charge in [0.1, 0.15) is 6.10 Å². The van der Waals surface area contributed by atoms with E-state index in [-0.39, 0.29) is 48.6 Å². The maximum absolute atomic E-state index is 12.7. The molecule has 2 N–H and O–H groups in total. The standard InChI is InChI=1S/C24H39NO5/c1-6-24(4,5)23(28)30-21-13-16(2)9-7-8-10-17(3)20(25-21)12-11-19-14-18(26)15-22(27)29-19/h7-10,16-21,25-26H,6,11-15H2,1-5H3/b9-7+,10-8-/t16-,17-,18+,19+,20-,21-/m0/s1. The van der Waals surface area contributed by atoms with E-state index in [1.807, 2.05) is 20.8 Å². The van der Waals surface area contributed by atoms with Gasteiger partial charge in [-0.25, -0.2) is 0 Å². The van der Waals surface area contributed by atoms with E-state index in [0.717, 1.165) is 6.42 Å². The first-order valence-electron chi connectivity index (χ1n) is 11.3. The molecule has 0 spiro atoms. The van der Waals surface area contributed by atoms with Gasteiger partial charge >= 0.3 is 11.9 Å². The van der Waals surface area contributed by atoms with E-state index in [9.17, 15) is 14.7 Å². The summed E-state index contributed by atoms with van der Waals surface area (Å²) in [4.78, 5) is 24.4. The molecule has 2 rings (SSSR count). The first-order chi connectivity index (χ1) is 14.1. The minimum Gasteiger partial charge on any atom is -0.462 e. The van der Waals surface area contributed by atoms with E-state index in [1.54, 1.807) is 0 Å². The monoisotopic (exact) mass is 421 g/mol. The SMILES string of the molecule is CCC(C)(C)C(=O)O[C@H]1C[C@@H](C)/C=C/C=C\[C@H](C)[C@H](CC[C@@H]2C[C@@H](O)CC(=O)O2)N1. The second-order valence-electron chi connectivity index (χ2n) is 9.53. The summed E-state index contributed by atoms with van der Waals surface area (Å²) in [5.41, 5.74) is -0.524. The quantitative estimate of drug-likeness (QED) is 0.633. The van der Waals surface area contributed by atoms with Crippen molar-refractivity contribution in [3.8, 4) is 0 Å². The van der Waals surface area contributed by atoms with Crippen LogP contribution in [0.3, 0.4) is 0 Å². The summed E-state index contributed by atoms with van der Waals surface area (Å²) in [5.74, 6) is -0.0685. The molecule has 0 aromatic rings. The van der Waals surface area contributed by atoms with Crippen molar-refractivity contribution in [2.75, 3.05) is 0 Å². The average Bonchev–Trinajstić information content (AvgIpc) is 2.66. The molecule has 6 heteroatoms. The molecular weight excluding hydrogens is 382 g/mol. The Balaban J connectivity index is 2.10. The van der Waals surface area contributed by atoms with E-state index in [4.69, 9.17) is 9.47 Å². The van der Waals surface area contributed by atoms with Gasteiger partial charge in [-0.15, -0.1) is 0 Å². The van der Waals surface area contributed by atoms with Gasteiger partial charge in [-0.05, 0) is 44.9 Å². The number of aliphatic hydroxyl groups excluding tert-OH is 1. The van der Waals surface area contributed by atoms with Gasteiger partial charge in [0.15, 0.2) is 6.23 Å². The van der Waals surface area contributed by atoms with Crippen molar-refractivity contribution in [1.29, 1.82) is 0 Å². The normalized spacial score (nSPS) is 35.2. The molecule has 0 aromatic carbocycles. The Labute approximate surface area is 181 Å². The summed E-state index contributed by atoms with van der Waals surface area (Å²) in [6, 6.07) is 0.0558. The lowest BCUT2D eigenvalue weighted by molar-refractivity contribution is -0.164. The minimum absolute atomic E-state index is 0.0558. The number of nitrogens with one attached hydrogen (secondary N) is 1. The zero-order valence-electron chi connectivity index (χ0n) is 19.1. The molecule has 0 saturated carbocycles. The van der Waals surface area contributed by atoms with Crippen molar-refractivity contribution in [2.45, 2.75) is 97.6 Å². The minimum atomic E-state index is -0.624. The zero-order valence-corrected chi connectivity index (χ0v) is 19.1. The first kappa shape index (κ1) is 24.6. The van der Waals surface area contributed by atoms with Gasteiger partial charge in [0.2, 0.25) is 0 Å². The molecule has 0 unspecified atom stereocenters. The van der Waals surface area contributed by atoms with Gasteiger partial charge < -0.3 is 14.6 Å². The third-order valence-electron chi connectivity index (χ3n) is 6.31. The molecule has 0 bridgehead atoms. The number of ether oxygens (including phenoxy) is 2. The zero-order chi connectivity index (χ0) is 22.3. The fourth-order valence-corrected chi connectivity index (χ4v) is 3.77. The topological polar surface area (TPSA) is 84.9 Å². The largest absolute Gasteiger partial charge is 0.462 e. The lowest BCUT2D eigenvalue weighted by atomic mass is 9.90. The fourth-order valence-electron chi connectivity index (χ4n) is 3.77. The van der Waals surface area contributed by atoms with Crippen LogP contribution in [0.5, 0.6) is 0 Å². The molecule has 0 amide bonds. The summed E-state index contributed by atoms with van der Waals surface area (Å²) < 4.78 is 11.3. The predicted octanol–water partition coefficient (Wildman–Crippen LogP) is 3.89. The molecule has 6 nitrogen and oxygen atoms in total. The third-order valence-corrected chi connectivity index (χ3v) is 6.31. The van der Waals surface area contributed by atoms with Crippen LogP contribution >= 0.6 is 0 Å². The lowest BCUT2D eigenvalue weighted by Gasteiger charge is -2.33. The van der Waals surface area contributed by atoms with Crippen LogP contribution in [0.2, 0.25) is 0 Å². The molecule has 0 radical (unpaired) electrons. The molecule has 1 fully saturated rings. The number of hydrogen-bond acceptors (Lipinski definition) is 6. The lowest BCUT2D eigenvalue weighted by Crippen LogP contribution is -2.47. The average molecular weight is 422 g/mol. The molecule has 0 aromatic heterocycles. The summed E-state index contributed by atoms with van der Waals surface area (Å²) in [6.45, 7) is 10.0. The highest BCUT2D eigenvalue weighted by Gasteiger charge is 2.32. The van der Waals surface area contributed by atoms with Crippen LogP contribution in [-0.4, -0.2) is 41.5 Å². The van der Waals surface area contributed by atoms with E-state index < -0.39 is 11.5 Å². The Hall–Kier alpha value is -1.66. The van der Waals surface area contributed by atoms with Crippen LogP contribution in [0.25, 0.3) is 0 Å². The maximum atomic E-state index is 12.7. The van der Waals surface area contributed by atoms with E-state index in [2.05, 4.69) is 43.5 Å². The maximum Gasteiger partial charge on any atom is 0.313 e. The molecule has 2 aliphatic heterocycles. The number of carbonyl (C=O) groups is 2. The van der Waals surface area contributed by atoms with Gasteiger partial charge in [0.25, 0.3) is 0 Å². The van der Waals surface area contributed by atoms with Gasteiger partial charge in [-0.1, -0.05) is 45.1 Å². The predicted molar refractivity (Wildman–Crippen MR) is 116 cm³/mol. The third kappa shape index (κ3) is 7.55. The highest BCUT2D eigenvalue weighted by Crippen LogP contribution is 2.26. The molecule has 170 valence electrons. The molecule has 2 heterocycles. The Bertz CT molecular complexity index is 642. The van der Waals surface area contributed by atoms with Gasteiger partial charge in [-0.3, -0.25) is 14.9 Å². The second kappa shape index (κ2) is 11.1. The van der Waals surface area contributed by atoms with Crippen LogP contribution < -0.4 is 5.32 Å². The number of cyclic esters (lactones) is 1. The van der Waals surface area contributed by atoms with Crippen molar-refractivity contribution >= 4 is 11.9 Å². The Morgan fingerprint density at radius 3 is 2.60 bits per heavy atom. The first-order valence-corrected chi connectivity index (χ1v) is 11.3. The summed E-state index contributed by atoms with van der Waals surface area (Å²) >= 11 is 0. The number of allylic oxidation sites excluding steroid dienone is 3. The number of carbonyl (C=O) groups excluding carboxylic acids is 2. The van der Waals surface area contributed by atoms with Crippen LogP contribution in [0.15, 0.2) is 24.3 Å². The Morgan fingerprint density at radius 1 is 1.23 bits per heavy atom. The van der Waals surface area contributed by atoms with Gasteiger partial charge in [-0.2, -0.15) is 0 Å². The molecule has 0 aliphatic carbocycles. The van der Waals surface area contributed by atoms with Crippen molar-refractivity contribution < 1.29 is 24.2 Å². The van der Waals surface area contributed by atoms with Crippen molar-refractivity contribution in [1.82, 2.24) is 5.32 Å². The molecular formula is C24H39NO5. The fraction of sp³-hybridized carbons (Fsp3) is 0.750. The van der Waals surface area contributed by atoms with Crippen molar-refractivity contribution in [3.63, 3.8) is 0 Å². The van der Waals surface area contributed by atoms with Gasteiger partial charge in [0, 0.05) is 18.9 Å². The van der Waals surface area contributed by atoms with Crippen LogP contribution in [0.1, 0.15) is 73.1 Å². The van der Waals surface area contributed by atoms with E-state index >= 15 is 0 Å². The van der Waals surface area contributed by atoms with E-state index in [1.165, 1.54) is 0 Å². The summed E-state index contributed by atoms with van der Waals surface area (Å²) in [7, 11) is 0.